The lowest BCUT2D eigenvalue weighted by atomic mass is 9.99. The Hall–Kier alpha value is -9.84. The zero-order valence-corrected chi connectivity index (χ0v) is 69.1. The third-order valence-electron chi connectivity index (χ3n) is 21.0. The summed E-state index contributed by atoms with van der Waals surface area (Å²) in [5, 5.41) is 120. The third kappa shape index (κ3) is 29.6. The number of esters is 1. The van der Waals surface area contributed by atoms with E-state index < -0.39 is 249 Å². The molecule has 1 aromatic carbocycles. The van der Waals surface area contributed by atoms with Gasteiger partial charge in [-0.3, -0.25) is 72.6 Å². The van der Waals surface area contributed by atoms with E-state index in [0.717, 1.165) is 90.4 Å². The normalized spacial score (nSPS) is 26.8. The first kappa shape index (κ1) is 98.7. The van der Waals surface area contributed by atoms with Crippen LogP contribution in [0.15, 0.2) is 36.7 Å². The summed E-state index contributed by atoms with van der Waals surface area (Å²) in [5.74, 6) is -18.2. The van der Waals surface area contributed by atoms with Gasteiger partial charge in [-0.05, 0) is 96.9 Å². The van der Waals surface area contributed by atoms with E-state index in [9.17, 15) is 104 Å². The Labute approximate surface area is 686 Å². The molecular formula is C78H126N17O23+. The van der Waals surface area contributed by atoms with E-state index >= 15 is 9.59 Å². The van der Waals surface area contributed by atoms with Crippen LogP contribution < -0.4 is 64.0 Å². The summed E-state index contributed by atoms with van der Waals surface area (Å²) in [6.45, 7) is 8.45. The summed E-state index contributed by atoms with van der Waals surface area (Å²) in [5.41, 5.74) is 12.2. The highest BCUT2D eigenvalue weighted by Crippen LogP contribution is 2.26. The number of fused-ring (bicyclic) bond motifs is 2. The number of hydrogen-bond donors (Lipinski definition) is 20. The molecule has 0 bridgehead atoms. The summed E-state index contributed by atoms with van der Waals surface area (Å²) in [4.78, 5) is 204. The van der Waals surface area contributed by atoms with Gasteiger partial charge in [-0.15, -0.1) is 4.68 Å². The van der Waals surface area contributed by atoms with Crippen molar-refractivity contribution in [1.29, 1.82) is 5.41 Å². The zero-order chi connectivity index (χ0) is 88.1. The smallest absolute Gasteiger partial charge is 0.329 e. The molecule has 3 aliphatic rings. The number of rotatable bonds is 27. The van der Waals surface area contributed by atoms with Crippen molar-refractivity contribution in [3.63, 3.8) is 0 Å². The molecule has 0 radical (unpaired) electrons. The lowest BCUT2D eigenvalue weighted by Crippen LogP contribution is -2.64. The molecule has 5 rings (SSSR count). The number of carbonyl (C=O) groups is 14. The molecule has 3 fully saturated rings. The molecule has 0 aliphatic carbocycles. The number of aliphatic hydroxyl groups is 7. The molecule has 22 N–H and O–H groups in total. The number of cyclic esters (lactones) is 1. The van der Waals surface area contributed by atoms with Crippen molar-refractivity contribution in [2.24, 2.45) is 31.5 Å². The van der Waals surface area contributed by atoms with Gasteiger partial charge in [0.25, 0.3) is 5.91 Å². The van der Waals surface area contributed by atoms with Crippen molar-refractivity contribution >= 4 is 88.6 Å². The Balaban J connectivity index is 1.63. The molecule has 1 aromatic heterocycles. The average molecular weight is 1670 g/mol. The number of primary amides is 1. The molecular weight excluding hydrogens is 1540 g/mol. The second-order valence-corrected chi connectivity index (χ2v) is 31.4. The van der Waals surface area contributed by atoms with Gasteiger partial charge in [0.15, 0.2) is 13.2 Å². The van der Waals surface area contributed by atoms with Crippen LogP contribution in [0, 0.1) is 11.3 Å². The minimum Gasteiger partial charge on any atom is -0.508 e. The molecule has 40 nitrogen and oxygen atoms in total. The van der Waals surface area contributed by atoms with Crippen LogP contribution in [0.1, 0.15) is 182 Å². The minimum atomic E-state index is -2.27. The van der Waals surface area contributed by atoms with Gasteiger partial charge in [-0.1, -0.05) is 97.1 Å². The standard InChI is InChI=1S/C78H125N17O23/c1-11-12-13-14-15-16-17-18-19-20-21-23-51-35-59(105)85-62(43(5)96)72(111)83-42(4)68(107)84-52(32-47-25-27-49(100)28-26-47)69(108)87-61(41(2)3)75(114)94-40-50(101)34-54(94)70(109)88-63(44(6)97)73(112)89-64(45(7)98)76(115)93-31-29-55(102)67(93)74(113)90-66(56(103)36-58(81)104)71(110)82-37-60(106)86-65(46(8)99)77(116)95(53(24-22-30-79)78(117)118-51)57(80)33-48-38-91(9)92(10)39-48/h25-28,38-39,41-46,50-56,61-67,80,96-99,101-103H,11-24,29-37,40,79H2,1-10H3,(H11-,81,82,83,84,85,86,87,88,89,90,100,104,105,106,107,108,109,110,111,112,113)/p+1/t42-,43-,44-,45-,46-,50-,51-,52+,53+,54+,55+,56-,61+,62-,63-,64+,65-,66+,67+/m1/s1. The first-order valence-electron chi connectivity index (χ1n) is 40.6. The van der Waals surface area contributed by atoms with Gasteiger partial charge < -0.3 is 115 Å². The number of amidine groups is 1. The van der Waals surface area contributed by atoms with Crippen molar-refractivity contribution < 1.29 is 117 Å². The molecule has 40 heteroatoms. The molecule has 13 amide bonds. The quantitative estimate of drug-likeness (QED) is 0.0131. The number of nitrogens with two attached hydrogens (primary N) is 2. The molecule has 19 atom stereocenters. The van der Waals surface area contributed by atoms with E-state index in [-0.39, 0.29) is 50.8 Å². The number of hydrogen-bond acceptors (Lipinski definition) is 25. The number of unbranched alkanes of at least 4 members (excludes halogenated alkanes) is 10. The lowest BCUT2D eigenvalue weighted by molar-refractivity contribution is -0.751. The van der Waals surface area contributed by atoms with Crippen LogP contribution in [0.2, 0.25) is 0 Å². The van der Waals surface area contributed by atoms with Gasteiger partial charge in [0.1, 0.15) is 84.1 Å². The summed E-state index contributed by atoms with van der Waals surface area (Å²) >= 11 is 0. The minimum absolute atomic E-state index is 0.00222. The molecule has 4 heterocycles. The van der Waals surface area contributed by atoms with Gasteiger partial charge >= 0.3 is 5.97 Å². The molecule has 3 aliphatic heterocycles. The average Bonchev–Trinajstić information content (AvgIpc) is 1.57. The van der Waals surface area contributed by atoms with Gasteiger partial charge in [-0.25, -0.2) is 4.79 Å². The lowest BCUT2D eigenvalue weighted by Gasteiger charge is -2.35. The van der Waals surface area contributed by atoms with E-state index in [1.807, 2.05) is 0 Å². The van der Waals surface area contributed by atoms with Gasteiger partial charge in [0, 0.05) is 37.9 Å². The molecule has 0 spiro atoms. The second-order valence-electron chi connectivity index (χ2n) is 31.4. The molecule has 2 aromatic rings. The number of phenolic OH excluding ortho intramolecular Hbond substituents is 1. The van der Waals surface area contributed by atoms with Crippen LogP contribution in [-0.2, 0) is 98.8 Å². The van der Waals surface area contributed by atoms with Gasteiger partial charge in [-0.2, -0.15) is 4.68 Å². The number of benzene rings is 1. The fraction of sp³-hybridized carbons (Fsp3) is 0.692. The highest BCUT2D eigenvalue weighted by atomic mass is 16.5. The number of phenols is 1. The number of ether oxygens (including phenoxy) is 1. The first-order chi connectivity index (χ1) is 55.6. The summed E-state index contributed by atoms with van der Waals surface area (Å²) in [6, 6.07) is -15.0. The van der Waals surface area contributed by atoms with Crippen molar-refractivity contribution in [3.8, 4) is 5.75 Å². The van der Waals surface area contributed by atoms with E-state index in [2.05, 4.69) is 54.8 Å². The Morgan fingerprint density at radius 1 is 0.610 bits per heavy atom. The van der Waals surface area contributed by atoms with Crippen LogP contribution in [0.3, 0.4) is 0 Å². The second kappa shape index (κ2) is 47.7. The number of nitrogens with one attached hydrogen (secondary N) is 10. The summed E-state index contributed by atoms with van der Waals surface area (Å²) in [6.07, 6.45) is -4.36. The van der Waals surface area contributed by atoms with Crippen LogP contribution >= 0.6 is 0 Å². The van der Waals surface area contributed by atoms with Crippen LogP contribution in [-0.4, -0.2) is 290 Å². The Morgan fingerprint density at radius 3 is 1.70 bits per heavy atom. The molecule has 0 unspecified atom stereocenters. The monoisotopic (exact) mass is 1670 g/mol. The van der Waals surface area contributed by atoms with Crippen LogP contribution in [0.5, 0.6) is 5.75 Å². The van der Waals surface area contributed by atoms with Gasteiger partial charge in [0.05, 0.1) is 75.4 Å². The van der Waals surface area contributed by atoms with Crippen LogP contribution in [0.25, 0.3) is 0 Å². The van der Waals surface area contributed by atoms with Crippen molar-refractivity contribution in [2.75, 3.05) is 26.2 Å². The summed E-state index contributed by atoms with van der Waals surface area (Å²) < 4.78 is 9.49. The molecule has 660 valence electrons. The Bertz CT molecular complexity index is 3750. The third-order valence-corrected chi connectivity index (χ3v) is 21.0. The van der Waals surface area contributed by atoms with Crippen molar-refractivity contribution in [1.82, 2.24) is 67.2 Å². The fourth-order valence-electron chi connectivity index (χ4n) is 14.3. The Morgan fingerprint density at radius 2 is 1.14 bits per heavy atom. The van der Waals surface area contributed by atoms with E-state index in [4.69, 9.17) is 16.2 Å². The Kier molecular flexibility index (Phi) is 39.9. The predicted molar refractivity (Wildman–Crippen MR) is 422 cm³/mol. The maximum Gasteiger partial charge on any atom is 0.329 e. The fourth-order valence-corrected chi connectivity index (χ4v) is 14.3. The molecule has 3 saturated heterocycles. The van der Waals surface area contributed by atoms with E-state index in [1.54, 1.807) is 35.9 Å². The SMILES string of the molecule is CCCCCCCCCCCCC[C@@H]1CC(=O)N[C@H]([C@@H](C)O)C(=O)N[C@H](C)C(=O)N[C@@H](Cc2ccc(O)cc2)C(=O)N[C@@H](C(C)C)C(=O)N2C[C@H](O)C[C@H]2C(=O)N[C@H]([C@@H](C)O)C(=O)N[C@@H]([C@@H](C)O)C(=O)N2CC[C@H](O)[C@H]2C(=O)N[C@@H]([C@H](O)CC(N)=O)C(=O)NCC(=O)N[C@H]([C@@H](C)O)C(=O)N(C(=N)Cc2cn(C)[n+](C)c2)[C@@H](CCCN)C(=O)O1. The number of amides is 13. The maximum atomic E-state index is 15.4. The highest BCUT2D eigenvalue weighted by Gasteiger charge is 2.49. The van der Waals surface area contributed by atoms with E-state index in [1.165, 1.54) is 45.0 Å². The van der Waals surface area contributed by atoms with Crippen molar-refractivity contribution in [2.45, 2.75) is 299 Å². The number of nitrogens with zero attached hydrogens (tertiary/aromatic N) is 5. The molecule has 118 heavy (non-hydrogen) atoms. The predicted octanol–water partition coefficient (Wildman–Crippen LogP) is -5.38. The summed E-state index contributed by atoms with van der Waals surface area (Å²) in [7, 11) is 3.36. The molecule has 0 saturated carbocycles. The van der Waals surface area contributed by atoms with Gasteiger partial charge in [0.2, 0.25) is 70.9 Å². The van der Waals surface area contributed by atoms with E-state index in [0.29, 0.717) is 33.8 Å². The number of aliphatic hydroxyl groups excluding tert-OH is 7. The highest BCUT2D eigenvalue weighted by molar-refractivity contribution is 6.05. The first-order valence-corrected chi connectivity index (χ1v) is 40.6. The topological polar surface area (TPSA) is 613 Å². The number of aromatic hydroxyl groups is 1. The number of aryl methyl sites for hydroxylation is 2. The number of aromatic nitrogens is 2. The van der Waals surface area contributed by atoms with Crippen LogP contribution in [0.4, 0.5) is 0 Å². The van der Waals surface area contributed by atoms with Crippen molar-refractivity contribution in [3.05, 3.63) is 47.8 Å². The maximum absolute atomic E-state index is 15.4. The zero-order valence-electron chi connectivity index (χ0n) is 69.1. The largest absolute Gasteiger partial charge is 0.508 e. The number of carbonyl (C=O) groups excluding carboxylic acids is 14.